The first-order valence-corrected chi connectivity index (χ1v) is 5.21. The van der Waals surface area contributed by atoms with Crippen LogP contribution in [-0.2, 0) is 0 Å². The number of nitrogens with one attached hydrogen (secondary N) is 1. The highest BCUT2D eigenvalue weighted by atomic mass is 15.2. The smallest absolute Gasteiger partial charge is 0.152 e. The van der Waals surface area contributed by atoms with Crippen LogP contribution in [0, 0.1) is 6.92 Å². The minimum Gasteiger partial charge on any atom is -0.371 e. The Hall–Kier alpha value is -2.10. The van der Waals surface area contributed by atoms with Crippen molar-refractivity contribution < 1.29 is 0 Å². The Morgan fingerprint density at radius 3 is 2.88 bits per heavy atom. The number of benzene rings is 1. The third kappa shape index (κ3) is 1.16. The van der Waals surface area contributed by atoms with Gasteiger partial charge in [-0.2, -0.15) is 5.10 Å². The second-order valence-corrected chi connectivity index (χ2v) is 3.83. The molecule has 0 saturated heterocycles. The molecule has 0 atom stereocenters. The number of nitrogens with zero attached hydrogens (tertiary/aromatic N) is 3. The monoisotopic (exact) mass is 212 g/mol. The van der Waals surface area contributed by atoms with Gasteiger partial charge in [-0.25, -0.2) is 9.50 Å². The summed E-state index contributed by atoms with van der Waals surface area (Å²) in [6.07, 6.45) is 1.79. The molecule has 0 saturated carbocycles. The van der Waals surface area contributed by atoms with Crippen LogP contribution in [0.4, 0.5) is 5.82 Å². The minimum absolute atomic E-state index is 0.855. The maximum atomic E-state index is 4.56. The van der Waals surface area contributed by atoms with Gasteiger partial charge < -0.3 is 5.32 Å². The molecular formula is C12H12N4. The quantitative estimate of drug-likeness (QED) is 0.672. The molecule has 0 fully saturated rings. The third-order valence-electron chi connectivity index (χ3n) is 2.71. The highest BCUT2D eigenvalue weighted by molar-refractivity contribution is 5.84. The van der Waals surface area contributed by atoms with Gasteiger partial charge in [0, 0.05) is 7.05 Å². The van der Waals surface area contributed by atoms with Crippen molar-refractivity contribution in [3.8, 4) is 0 Å². The zero-order valence-corrected chi connectivity index (χ0v) is 9.23. The van der Waals surface area contributed by atoms with Crippen LogP contribution in [0.5, 0.6) is 0 Å². The molecule has 0 aliphatic heterocycles. The van der Waals surface area contributed by atoms with Gasteiger partial charge in [-0.05, 0) is 30.7 Å². The standard InChI is InChI=1S/C12H12N4/c1-8-3-4-9-11(7-8)16-10(5-6-14-16)12(13-2)15-9/h3-7H,1-2H3,(H,13,15). The summed E-state index contributed by atoms with van der Waals surface area (Å²) in [7, 11) is 1.87. The van der Waals surface area contributed by atoms with Gasteiger partial charge in [0.25, 0.3) is 0 Å². The Morgan fingerprint density at radius 1 is 1.19 bits per heavy atom. The number of aryl methyl sites for hydroxylation is 1. The zero-order chi connectivity index (χ0) is 11.1. The van der Waals surface area contributed by atoms with Crippen LogP contribution in [0.25, 0.3) is 16.6 Å². The molecule has 3 aromatic rings. The highest BCUT2D eigenvalue weighted by Gasteiger charge is 2.07. The summed E-state index contributed by atoms with van der Waals surface area (Å²) in [5, 5.41) is 7.42. The second-order valence-electron chi connectivity index (χ2n) is 3.83. The van der Waals surface area contributed by atoms with Crippen molar-refractivity contribution in [1.29, 1.82) is 0 Å². The van der Waals surface area contributed by atoms with Crippen molar-refractivity contribution in [1.82, 2.24) is 14.6 Å². The Morgan fingerprint density at radius 2 is 2.06 bits per heavy atom. The molecule has 0 radical (unpaired) electrons. The summed E-state index contributed by atoms with van der Waals surface area (Å²) in [5.41, 5.74) is 4.20. The molecule has 3 rings (SSSR count). The Bertz CT molecular complexity index is 669. The number of hydrogen-bond donors (Lipinski definition) is 1. The van der Waals surface area contributed by atoms with E-state index >= 15 is 0 Å². The van der Waals surface area contributed by atoms with Crippen LogP contribution >= 0.6 is 0 Å². The summed E-state index contributed by atoms with van der Waals surface area (Å²) < 4.78 is 1.92. The van der Waals surface area contributed by atoms with Gasteiger partial charge in [-0.3, -0.25) is 0 Å². The maximum absolute atomic E-state index is 4.56. The van der Waals surface area contributed by atoms with Crippen LogP contribution in [0.3, 0.4) is 0 Å². The fraction of sp³-hybridized carbons (Fsp3) is 0.167. The first-order valence-electron chi connectivity index (χ1n) is 5.21. The van der Waals surface area contributed by atoms with Gasteiger partial charge in [0.1, 0.15) is 5.52 Å². The van der Waals surface area contributed by atoms with Gasteiger partial charge in [0.05, 0.1) is 17.2 Å². The summed E-state index contributed by atoms with van der Waals surface area (Å²) in [6.45, 7) is 2.07. The maximum Gasteiger partial charge on any atom is 0.152 e. The van der Waals surface area contributed by atoms with E-state index in [1.54, 1.807) is 6.20 Å². The Kier molecular flexibility index (Phi) is 1.83. The number of hydrogen-bond acceptors (Lipinski definition) is 3. The lowest BCUT2D eigenvalue weighted by Gasteiger charge is -2.06. The number of aromatic nitrogens is 3. The molecule has 1 N–H and O–H groups in total. The van der Waals surface area contributed by atoms with E-state index in [0.717, 1.165) is 22.4 Å². The number of fused-ring (bicyclic) bond motifs is 3. The second kappa shape index (κ2) is 3.20. The minimum atomic E-state index is 0.855. The molecule has 16 heavy (non-hydrogen) atoms. The molecule has 4 heteroatoms. The molecule has 0 aliphatic rings. The van der Waals surface area contributed by atoms with Crippen LogP contribution in [0.1, 0.15) is 5.56 Å². The fourth-order valence-electron chi connectivity index (χ4n) is 1.93. The van der Waals surface area contributed by atoms with E-state index in [4.69, 9.17) is 0 Å². The van der Waals surface area contributed by atoms with Gasteiger partial charge in [-0.15, -0.1) is 0 Å². The number of anilines is 1. The molecule has 0 amide bonds. The van der Waals surface area contributed by atoms with Gasteiger partial charge >= 0.3 is 0 Å². The Balaban J connectivity index is 2.54. The van der Waals surface area contributed by atoms with E-state index in [1.807, 2.05) is 23.7 Å². The first-order chi connectivity index (χ1) is 7.79. The SMILES string of the molecule is CNc1nc2ccc(C)cc2n2nccc12. The largest absolute Gasteiger partial charge is 0.371 e. The predicted molar refractivity (Wildman–Crippen MR) is 64.8 cm³/mol. The molecule has 80 valence electrons. The molecule has 4 nitrogen and oxygen atoms in total. The Labute approximate surface area is 92.9 Å². The first kappa shape index (κ1) is 9.15. The van der Waals surface area contributed by atoms with Crippen molar-refractivity contribution in [2.75, 3.05) is 12.4 Å². The van der Waals surface area contributed by atoms with Crippen LogP contribution < -0.4 is 5.32 Å². The zero-order valence-electron chi connectivity index (χ0n) is 9.23. The van der Waals surface area contributed by atoms with Crippen molar-refractivity contribution in [3.63, 3.8) is 0 Å². The molecule has 0 spiro atoms. The number of rotatable bonds is 1. The molecule has 0 unspecified atom stereocenters. The van der Waals surface area contributed by atoms with E-state index < -0.39 is 0 Å². The summed E-state index contributed by atoms with van der Waals surface area (Å²) >= 11 is 0. The van der Waals surface area contributed by atoms with Crippen LogP contribution in [0.15, 0.2) is 30.5 Å². The highest BCUT2D eigenvalue weighted by Crippen LogP contribution is 2.21. The molecule has 1 aromatic carbocycles. The lowest BCUT2D eigenvalue weighted by molar-refractivity contribution is 0.994. The molecular weight excluding hydrogens is 200 g/mol. The fourth-order valence-corrected chi connectivity index (χ4v) is 1.93. The third-order valence-corrected chi connectivity index (χ3v) is 2.71. The van der Waals surface area contributed by atoms with Crippen molar-refractivity contribution >= 4 is 22.4 Å². The van der Waals surface area contributed by atoms with E-state index in [2.05, 4.69) is 34.5 Å². The average Bonchev–Trinajstić information content (AvgIpc) is 2.77. The predicted octanol–water partition coefficient (Wildman–Crippen LogP) is 2.23. The van der Waals surface area contributed by atoms with Crippen LogP contribution in [-0.4, -0.2) is 21.6 Å². The summed E-state index contributed by atoms with van der Waals surface area (Å²) in [6, 6.07) is 8.14. The van der Waals surface area contributed by atoms with E-state index in [9.17, 15) is 0 Å². The van der Waals surface area contributed by atoms with Crippen LogP contribution in [0.2, 0.25) is 0 Å². The van der Waals surface area contributed by atoms with Crippen molar-refractivity contribution in [2.24, 2.45) is 0 Å². The lowest BCUT2D eigenvalue weighted by atomic mass is 10.2. The van der Waals surface area contributed by atoms with Gasteiger partial charge in [-0.1, -0.05) is 6.07 Å². The van der Waals surface area contributed by atoms with Gasteiger partial charge in [0.2, 0.25) is 0 Å². The molecule has 2 heterocycles. The van der Waals surface area contributed by atoms with Gasteiger partial charge in [0.15, 0.2) is 5.82 Å². The van der Waals surface area contributed by atoms with E-state index in [1.165, 1.54) is 5.56 Å². The van der Waals surface area contributed by atoms with Crippen molar-refractivity contribution in [2.45, 2.75) is 6.92 Å². The van der Waals surface area contributed by atoms with E-state index in [0.29, 0.717) is 0 Å². The molecule has 0 bridgehead atoms. The topological polar surface area (TPSA) is 42.2 Å². The normalized spacial score (nSPS) is 11.1. The molecule has 0 aliphatic carbocycles. The lowest BCUT2D eigenvalue weighted by Crippen LogP contribution is -2.00. The summed E-state index contributed by atoms with van der Waals surface area (Å²) in [4.78, 5) is 4.56. The summed E-state index contributed by atoms with van der Waals surface area (Å²) in [5.74, 6) is 0.855. The van der Waals surface area contributed by atoms with Crippen molar-refractivity contribution in [3.05, 3.63) is 36.0 Å². The molecule has 2 aromatic heterocycles. The van der Waals surface area contributed by atoms with E-state index in [-0.39, 0.29) is 0 Å². The average molecular weight is 212 g/mol.